The van der Waals surface area contributed by atoms with Gasteiger partial charge >= 0.3 is 0 Å². The number of hydrogen-bond donors (Lipinski definition) is 0. The fraction of sp³-hybridized carbons (Fsp3) is 0.562. The Kier molecular flexibility index (Phi) is 4.01. The number of alkyl halides is 1. The van der Waals surface area contributed by atoms with Crippen LogP contribution in [0.5, 0.6) is 5.75 Å². The van der Waals surface area contributed by atoms with Crippen molar-refractivity contribution in [1.82, 2.24) is 9.55 Å². The summed E-state index contributed by atoms with van der Waals surface area (Å²) in [7, 11) is 1.68. The lowest BCUT2D eigenvalue weighted by Gasteiger charge is -2.31. The van der Waals surface area contributed by atoms with Crippen molar-refractivity contribution >= 4 is 22.6 Å². The van der Waals surface area contributed by atoms with Crippen molar-refractivity contribution in [2.24, 2.45) is 5.41 Å². The van der Waals surface area contributed by atoms with Gasteiger partial charge in [-0.1, -0.05) is 20.8 Å². The molecule has 1 heterocycles. The van der Waals surface area contributed by atoms with Crippen molar-refractivity contribution in [1.29, 1.82) is 0 Å². The normalized spacial score (nSPS) is 15.3. The first-order chi connectivity index (χ1) is 9.25. The zero-order chi connectivity index (χ0) is 15.1. The molecule has 0 aliphatic rings. The molecule has 1 aromatic heterocycles. The molecule has 110 valence electrons. The van der Waals surface area contributed by atoms with Crippen LogP contribution in [0.15, 0.2) is 18.2 Å². The number of rotatable bonds is 3. The summed E-state index contributed by atoms with van der Waals surface area (Å²) in [4.78, 5) is 4.70. The summed E-state index contributed by atoms with van der Waals surface area (Å²) in [5.41, 5.74) is 2.16. The number of hydrogen-bond acceptors (Lipinski definition) is 2. The zero-order valence-corrected chi connectivity index (χ0v) is 13.8. The highest BCUT2D eigenvalue weighted by atomic mass is 35.5. The lowest BCUT2D eigenvalue weighted by atomic mass is 9.87. The monoisotopic (exact) mass is 294 g/mol. The van der Waals surface area contributed by atoms with E-state index in [0.29, 0.717) is 0 Å². The topological polar surface area (TPSA) is 27.1 Å². The summed E-state index contributed by atoms with van der Waals surface area (Å²) < 4.78 is 7.58. The van der Waals surface area contributed by atoms with E-state index >= 15 is 0 Å². The predicted octanol–water partition coefficient (Wildman–Crippen LogP) is 4.95. The van der Waals surface area contributed by atoms with Gasteiger partial charge < -0.3 is 9.30 Å². The third-order valence-electron chi connectivity index (χ3n) is 3.92. The van der Waals surface area contributed by atoms with E-state index in [1.165, 1.54) is 0 Å². The summed E-state index contributed by atoms with van der Waals surface area (Å²) in [6.07, 6.45) is 0. The summed E-state index contributed by atoms with van der Waals surface area (Å²) in [5.74, 6) is 1.76. The Labute approximate surface area is 125 Å². The molecule has 0 spiro atoms. The van der Waals surface area contributed by atoms with E-state index in [4.69, 9.17) is 21.3 Å². The average molecular weight is 295 g/mol. The highest BCUT2D eigenvalue weighted by molar-refractivity contribution is 6.20. The van der Waals surface area contributed by atoms with Gasteiger partial charge in [-0.2, -0.15) is 0 Å². The Morgan fingerprint density at radius 1 is 1.25 bits per heavy atom. The van der Waals surface area contributed by atoms with Gasteiger partial charge in [0.1, 0.15) is 11.6 Å². The van der Waals surface area contributed by atoms with Gasteiger partial charge in [0.05, 0.1) is 23.5 Å². The number of aromatic nitrogens is 2. The second kappa shape index (κ2) is 5.28. The van der Waals surface area contributed by atoms with Gasteiger partial charge in [0.2, 0.25) is 0 Å². The minimum absolute atomic E-state index is 0.122. The van der Waals surface area contributed by atoms with Gasteiger partial charge in [0.15, 0.2) is 0 Å². The maximum absolute atomic E-state index is 6.33. The molecule has 0 aliphatic heterocycles. The molecule has 4 heteroatoms. The molecule has 2 atom stereocenters. The van der Waals surface area contributed by atoms with Crippen LogP contribution < -0.4 is 4.74 Å². The number of methoxy groups -OCH3 is 1. The minimum atomic E-state index is -0.127. The maximum Gasteiger partial charge on any atom is 0.127 e. The van der Waals surface area contributed by atoms with Crippen molar-refractivity contribution in [2.45, 2.75) is 46.0 Å². The second-order valence-electron chi connectivity index (χ2n) is 6.35. The van der Waals surface area contributed by atoms with Gasteiger partial charge in [0.25, 0.3) is 0 Å². The predicted molar refractivity (Wildman–Crippen MR) is 84.7 cm³/mol. The van der Waals surface area contributed by atoms with E-state index in [2.05, 4.69) is 32.3 Å². The van der Waals surface area contributed by atoms with Crippen LogP contribution in [0, 0.1) is 5.41 Å². The Hall–Kier alpha value is -1.22. The molecule has 2 aromatic rings. The van der Waals surface area contributed by atoms with Crippen molar-refractivity contribution in [3.8, 4) is 5.75 Å². The van der Waals surface area contributed by atoms with Crippen LogP contribution in [0.1, 0.15) is 51.9 Å². The number of nitrogens with zero attached hydrogens (tertiary/aromatic N) is 2. The molecule has 0 bridgehead atoms. The molecule has 2 rings (SSSR count). The Morgan fingerprint density at radius 3 is 2.40 bits per heavy atom. The van der Waals surface area contributed by atoms with E-state index in [1.54, 1.807) is 7.11 Å². The van der Waals surface area contributed by atoms with E-state index in [9.17, 15) is 0 Å². The van der Waals surface area contributed by atoms with Crippen LogP contribution in [-0.2, 0) is 0 Å². The first-order valence-corrected chi connectivity index (χ1v) is 7.39. The van der Waals surface area contributed by atoms with E-state index < -0.39 is 0 Å². The average Bonchev–Trinajstić information content (AvgIpc) is 2.74. The number of imidazole rings is 1. The van der Waals surface area contributed by atoms with Gasteiger partial charge in [-0.25, -0.2) is 4.98 Å². The van der Waals surface area contributed by atoms with Gasteiger partial charge in [-0.3, -0.25) is 0 Å². The van der Waals surface area contributed by atoms with E-state index in [-0.39, 0.29) is 16.8 Å². The molecular weight excluding hydrogens is 272 g/mol. The standard InChI is InChI=1S/C16H23ClN2O/c1-10(17)15-18-13-8-7-12(20-6)9-14(13)19(15)11(2)16(3,4)5/h7-11H,1-6H3. The van der Waals surface area contributed by atoms with Crippen LogP contribution >= 0.6 is 11.6 Å². The number of halogens is 1. The highest BCUT2D eigenvalue weighted by Crippen LogP contribution is 2.37. The van der Waals surface area contributed by atoms with Crippen LogP contribution in [0.3, 0.4) is 0 Å². The highest BCUT2D eigenvalue weighted by Gasteiger charge is 2.27. The third-order valence-corrected chi connectivity index (χ3v) is 4.12. The van der Waals surface area contributed by atoms with Crippen molar-refractivity contribution in [2.75, 3.05) is 7.11 Å². The number of ether oxygens (including phenoxy) is 1. The first-order valence-electron chi connectivity index (χ1n) is 6.95. The molecule has 0 fully saturated rings. The van der Waals surface area contributed by atoms with E-state index in [1.807, 2.05) is 25.1 Å². The summed E-state index contributed by atoms with van der Waals surface area (Å²) in [6, 6.07) is 6.25. The quantitative estimate of drug-likeness (QED) is 0.749. The lowest BCUT2D eigenvalue weighted by Crippen LogP contribution is -2.23. The van der Waals surface area contributed by atoms with E-state index in [0.717, 1.165) is 22.6 Å². The largest absolute Gasteiger partial charge is 0.497 e. The SMILES string of the molecule is COc1ccc2nc(C(C)Cl)n(C(C)C(C)(C)C)c2c1. The molecule has 1 aromatic carbocycles. The van der Waals surface area contributed by atoms with Crippen molar-refractivity contribution in [3.05, 3.63) is 24.0 Å². The van der Waals surface area contributed by atoms with Crippen LogP contribution in [0.25, 0.3) is 11.0 Å². The molecule has 0 saturated carbocycles. The Morgan fingerprint density at radius 2 is 1.90 bits per heavy atom. The summed E-state index contributed by atoms with van der Waals surface area (Å²) >= 11 is 6.33. The van der Waals surface area contributed by atoms with Gasteiger partial charge in [0, 0.05) is 12.1 Å². The fourth-order valence-electron chi connectivity index (χ4n) is 2.29. The summed E-state index contributed by atoms with van der Waals surface area (Å²) in [6.45, 7) is 10.9. The summed E-state index contributed by atoms with van der Waals surface area (Å²) in [5, 5.41) is -0.127. The second-order valence-corrected chi connectivity index (χ2v) is 7.01. The molecule has 0 aliphatic carbocycles. The molecule has 20 heavy (non-hydrogen) atoms. The smallest absolute Gasteiger partial charge is 0.127 e. The van der Waals surface area contributed by atoms with Gasteiger partial charge in [-0.05, 0) is 31.4 Å². The van der Waals surface area contributed by atoms with Gasteiger partial charge in [-0.15, -0.1) is 11.6 Å². The fourth-order valence-corrected chi connectivity index (χ4v) is 2.45. The Balaban J connectivity index is 2.72. The van der Waals surface area contributed by atoms with Crippen molar-refractivity contribution in [3.63, 3.8) is 0 Å². The maximum atomic E-state index is 6.33. The van der Waals surface area contributed by atoms with Crippen LogP contribution in [0.2, 0.25) is 0 Å². The zero-order valence-electron chi connectivity index (χ0n) is 13.1. The molecule has 2 unspecified atom stereocenters. The molecule has 0 saturated heterocycles. The molecule has 0 N–H and O–H groups in total. The molecule has 0 amide bonds. The minimum Gasteiger partial charge on any atom is -0.497 e. The van der Waals surface area contributed by atoms with Crippen LogP contribution in [0.4, 0.5) is 0 Å². The number of benzene rings is 1. The van der Waals surface area contributed by atoms with Crippen LogP contribution in [-0.4, -0.2) is 16.7 Å². The molecular formula is C16H23ClN2O. The Bertz CT molecular complexity index is 611. The lowest BCUT2D eigenvalue weighted by molar-refractivity contribution is 0.262. The molecule has 3 nitrogen and oxygen atoms in total. The first kappa shape index (κ1) is 15.2. The molecule has 0 radical (unpaired) electrons. The number of fused-ring (bicyclic) bond motifs is 1. The van der Waals surface area contributed by atoms with Crippen molar-refractivity contribution < 1.29 is 4.74 Å². The third kappa shape index (κ3) is 2.64.